The van der Waals surface area contributed by atoms with E-state index in [9.17, 15) is 9.18 Å². The number of benzene rings is 2. The second-order valence-electron chi connectivity index (χ2n) is 6.99. The van der Waals surface area contributed by atoms with Crippen molar-refractivity contribution in [2.75, 3.05) is 7.11 Å². The minimum atomic E-state index is -0.614. The van der Waals surface area contributed by atoms with Crippen LogP contribution in [0, 0.1) is 19.7 Å². The smallest absolute Gasteiger partial charge is 0.225 e. The zero-order valence-electron chi connectivity index (χ0n) is 16.6. The van der Waals surface area contributed by atoms with Crippen molar-refractivity contribution >= 4 is 17.5 Å². The molecule has 0 bridgehead atoms. The van der Waals surface area contributed by atoms with Crippen LogP contribution < -0.4 is 10.5 Å². The molecule has 1 aromatic heterocycles. The summed E-state index contributed by atoms with van der Waals surface area (Å²) in [6.45, 7) is 4.30. The van der Waals surface area contributed by atoms with E-state index in [1.807, 2.05) is 42.8 Å². The van der Waals surface area contributed by atoms with E-state index in [2.05, 4.69) is 5.10 Å². The Hall–Kier alpha value is -2.86. The monoisotopic (exact) mass is 415 g/mol. The second-order valence-corrected chi connectivity index (χ2v) is 7.40. The van der Waals surface area contributed by atoms with E-state index in [1.165, 1.54) is 12.1 Å². The van der Waals surface area contributed by atoms with Crippen molar-refractivity contribution in [2.24, 2.45) is 5.73 Å². The Morgan fingerprint density at radius 2 is 2.03 bits per heavy atom. The van der Waals surface area contributed by atoms with Gasteiger partial charge in [-0.05, 0) is 55.7 Å². The van der Waals surface area contributed by atoms with Gasteiger partial charge in [0.15, 0.2) is 0 Å². The lowest BCUT2D eigenvalue weighted by atomic mass is 9.90. The maximum atomic E-state index is 13.4. The number of ether oxygens (including phenoxy) is 1. The third-order valence-electron chi connectivity index (χ3n) is 5.04. The summed E-state index contributed by atoms with van der Waals surface area (Å²) in [5.41, 5.74) is 9.78. The number of aromatic nitrogens is 2. The van der Waals surface area contributed by atoms with Crippen LogP contribution >= 0.6 is 11.6 Å². The van der Waals surface area contributed by atoms with E-state index in [-0.39, 0.29) is 11.4 Å². The van der Waals surface area contributed by atoms with Crippen molar-refractivity contribution < 1.29 is 13.9 Å². The molecule has 1 amide bonds. The Morgan fingerprint density at radius 3 is 2.69 bits per heavy atom. The average molecular weight is 416 g/mol. The summed E-state index contributed by atoms with van der Waals surface area (Å²) in [7, 11) is 1.62. The molecule has 7 heteroatoms. The van der Waals surface area contributed by atoms with Crippen LogP contribution in [0.1, 0.15) is 34.0 Å². The number of nitrogens with two attached hydrogens (primary N) is 1. The molecular formula is C22H23ClFN3O2. The van der Waals surface area contributed by atoms with E-state index < -0.39 is 17.6 Å². The highest BCUT2D eigenvalue weighted by atomic mass is 35.5. The van der Waals surface area contributed by atoms with Gasteiger partial charge in [0.1, 0.15) is 11.6 Å². The Morgan fingerprint density at radius 1 is 1.28 bits per heavy atom. The van der Waals surface area contributed by atoms with Crippen LogP contribution in [0.2, 0.25) is 5.02 Å². The van der Waals surface area contributed by atoms with Gasteiger partial charge in [-0.3, -0.25) is 9.48 Å². The Kier molecular flexibility index (Phi) is 6.23. The lowest BCUT2D eigenvalue weighted by molar-refractivity contribution is -0.119. The van der Waals surface area contributed by atoms with Crippen LogP contribution in [-0.2, 0) is 17.8 Å². The lowest BCUT2D eigenvalue weighted by Gasteiger charge is -2.16. The van der Waals surface area contributed by atoms with Crippen LogP contribution in [0.5, 0.6) is 5.75 Å². The first kappa shape index (κ1) is 20.9. The summed E-state index contributed by atoms with van der Waals surface area (Å²) >= 11 is 6.16. The average Bonchev–Trinajstić information content (AvgIpc) is 2.94. The summed E-state index contributed by atoms with van der Waals surface area (Å²) in [6, 6.07) is 11.9. The van der Waals surface area contributed by atoms with Gasteiger partial charge in [-0.25, -0.2) is 4.39 Å². The maximum absolute atomic E-state index is 13.4. The van der Waals surface area contributed by atoms with Crippen LogP contribution in [0.4, 0.5) is 4.39 Å². The van der Waals surface area contributed by atoms with Crippen molar-refractivity contribution in [3.63, 3.8) is 0 Å². The van der Waals surface area contributed by atoms with Crippen molar-refractivity contribution in [3.05, 3.63) is 81.4 Å². The molecule has 5 nitrogen and oxygen atoms in total. The predicted molar refractivity (Wildman–Crippen MR) is 111 cm³/mol. The highest BCUT2D eigenvalue weighted by Crippen LogP contribution is 2.30. The molecular weight excluding hydrogens is 393 g/mol. The molecule has 29 heavy (non-hydrogen) atoms. The molecule has 1 atom stereocenters. The highest BCUT2D eigenvalue weighted by Gasteiger charge is 2.27. The minimum Gasteiger partial charge on any atom is -0.497 e. The molecule has 3 aromatic rings. The summed E-state index contributed by atoms with van der Waals surface area (Å²) in [5.74, 6) is -0.743. The Balaban J connectivity index is 1.94. The van der Waals surface area contributed by atoms with Gasteiger partial charge in [0.05, 0.1) is 25.3 Å². The van der Waals surface area contributed by atoms with E-state index in [4.69, 9.17) is 22.1 Å². The van der Waals surface area contributed by atoms with Gasteiger partial charge in [-0.1, -0.05) is 29.8 Å². The van der Waals surface area contributed by atoms with E-state index in [0.29, 0.717) is 12.1 Å². The maximum Gasteiger partial charge on any atom is 0.225 e. The molecule has 0 aliphatic rings. The Bertz CT molecular complexity index is 1050. The van der Waals surface area contributed by atoms with Gasteiger partial charge < -0.3 is 10.5 Å². The molecule has 0 saturated carbocycles. The number of methoxy groups -OCH3 is 1. The number of amides is 1. The molecule has 0 aliphatic heterocycles. The van der Waals surface area contributed by atoms with Gasteiger partial charge in [-0.15, -0.1) is 0 Å². The standard InChI is InChI=1S/C22H23ClFN3O2/c1-13-21(19(22(25)28)10-16-7-8-17(24)11-20(16)23)14(2)27(26-13)12-15-5-4-6-18(9-15)29-3/h4-9,11,19H,10,12H2,1-3H3,(H2,25,28). The Labute approximate surface area is 174 Å². The first-order chi connectivity index (χ1) is 13.8. The fourth-order valence-corrected chi connectivity index (χ4v) is 3.81. The van der Waals surface area contributed by atoms with Crippen molar-refractivity contribution in [1.29, 1.82) is 0 Å². The zero-order valence-corrected chi connectivity index (χ0v) is 17.3. The molecule has 0 spiro atoms. The molecule has 0 fully saturated rings. The highest BCUT2D eigenvalue weighted by molar-refractivity contribution is 6.31. The molecule has 0 aliphatic carbocycles. The van der Waals surface area contributed by atoms with Crippen molar-refractivity contribution in [2.45, 2.75) is 32.7 Å². The molecule has 2 N–H and O–H groups in total. The van der Waals surface area contributed by atoms with Crippen LogP contribution in [0.15, 0.2) is 42.5 Å². The SMILES string of the molecule is COc1cccc(Cn2nc(C)c(C(Cc3ccc(F)cc3Cl)C(N)=O)c2C)c1. The number of primary amides is 1. The topological polar surface area (TPSA) is 70.1 Å². The summed E-state index contributed by atoms with van der Waals surface area (Å²) < 4.78 is 20.5. The third-order valence-corrected chi connectivity index (χ3v) is 5.39. The summed E-state index contributed by atoms with van der Waals surface area (Å²) in [5, 5.41) is 4.89. The van der Waals surface area contributed by atoms with Gasteiger partial charge in [0.25, 0.3) is 0 Å². The number of aryl methyl sites for hydroxylation is 1. The largest absolute Gasteiger partial charge is 0.497 e. The predicted octanol–water partition coefficient (Wildman–Crippen LogP) is 4.16. The van der Waals surface area contributed by atoms with E-state index >= 15 is 0 Å². The minimum absolute atomic E-state index is 0.273. The first-order valence-corrected chi connectivity index (χ1v) is 9.58. The number of rotatable bonds is 7. The normalized spacial score (nSPS) is 12.0. The third kappa shape index (κ3) is 4.59. The number of carbonyl (C=O) groups excluding carboxylic acids is 1. The molecule has 2 aromatic carbocycles. The van der Waals surface area contributed by atoms with E-state index in [1.54, 1.807) is 13.2 Å². The van der Waals surface area contributed by atoms with Gasteiger partial charge >= 0.3 is 0 Å². The van der Waals surface area contributed by atoms with Gasteiger partial charge in [0.2, 0.25) is 5.91 Å². The van der Waals surface area contributed by atoms with Crippen LogP contribution in [-0.4, -0.2) is 22.8 Å². The van der Waals surface area contributed by atoms with Gasteiger partial charge in [-0.2, -0.15) is 5.10 Å². The molecule has 152 valence electrons. The fourth-order valence-electron chi connectivity index (χ4n) is 3.56. The van der Waals surface area contributed by atoms with Crippen molar-refractivity contribution in [1.82, 2.24) is 9.78 Å². The lowest BCUT2D eigenvalue weighted by Crippen LogP contribution is -2.24. The molecule has 1 unspecified atom stereocenters. The number of nitrogens with zero attached hydrogens (tertiary/aromatic N) is 2. The molecule has 0 radical (unpaired) electrons. The number of halogens is 2. The van der Waals surface area contributed by atoms with Crippen LogP contribution in [0.25, 0.3) is 0 Å². The number of hydrogen-bond donors (Lipinski definition) is 1. The summed E-state index contributed by atoms with van der Waals surface area (Å²) in [4.78, 5) is 12.3. The molecule has 1 heterocycles. The first-order valence-electron chi connectivity index (χ1n) is 9.20. The fraction of sp³-hybridized carbons (Fsp3) is 0.273. The van der Waals surface area contributed by atoms with Crippen molar-refractivity contribution in [3.8, 4) is 5.75 Å². The molecule has 3 rings (SSSR count). The number of hydrogen-bond acceptors (Lipinski definition) is 3. The quantitative estimate of drug-likeness (QED) is 0.629. The van der Waals surface area contributed by atoms with Gasteiger partial charge in [0, 0.05) is 16.3 Å². The molecule has 0 saturated heterocycles. The van der Waals surface area contributed by atoms with Crippen LogP contribution in [0.3, 0.4) is 0 Å². The van der Waals surface area contributed by atoms with E-state index in [0.717, 1.165) is 28.3 Å². The second kappa shape index (κ2) is 8.66. The summed E-state index contributed by atoms with van der Waals surface area (Å²) in [6.07, 6.45) is 0.279. The zero-order chi connectivity index (χ0) is 21.1. The number of carbonyl (C=O) groups is 1.